The zero-order valence-electron chi connectivity index (χ0n) is 8.44. The summed E-state index contributed by atoms with van der Waals surface area (Å²) in [6.45, 7) is 0.0338. The highest BCUT2D eigenvalue weighted by atomic mass is 32.2. The molecule has 0 spiro atoms. The molecule has 0 amide bonds. The predicted octanol–water partition coefficient (Wildman–Crippen LogP) is 1.58. The molecule has 1 aromatic rings. The minimum Gasteiger partial charge on any atom is -0.478 e. The van der Waals surface area contributed by atoms with Crippen molar-refractivity contribution in [3.05, 3.63) is 23.5 Å². The molecule has 0 saturated carbocycles. The third-order valence-corrected chi connectivity index (χ3v) is 3.07. The Morgan fingerprint density at radius 3 is 2.75 bits per heavy atom. The molecule has 0 aliphatic rings. The molecule has 0 unspecified atom stereocenters. The van der Waals surface area contributed by atoms with Crippen molar-refractivity contribution in [2.75, 3.05) is 18.1 Å². The Hall–Kier alpha value is -1.27. The van der Waals surface area contributed by atoms with Crippen molar-refractivity contribution >= 4 is 23.4 Å². The summed E-state index contributed by atoms with van der Waals surface area (Å²) in [4.78, 5) is 11.3. The SMILES string of the molecule is Nc1c(F)ccc(SCCCO)c1C(=O)O. The molecule has 4 N–H and O–H groups in total. The summed E-state index contributed by atoms with van der Waals surface area (Å²) >= 11 is 1.24. The highest BCUT2D eigenvalue weighted by molar-refractivity contribution is 7.99. The first kappa shape index (κ1) is 12.8. The van der Waals surface area contributed by atoms with Crippen molar-refractivity contribution in [1.29, 1.82) is 0 Å². The number of halogens is 1. The average molecular weight is 245 g/mol. The van der Waals surface area contributed by atoms with E-state index in [0.29, 0.717) is 17.1 Å². The van der Waals surface area contributed by atoms with Gasteiger partial charge in [0.25, 0.3) is 0 Å². The lowest BCUT2D eigenvalue weighted by atomic mass is 10.2. The van der Waals surface area contributed by atoms with Crippen LogP contribution in [-0.4, -0.2) is 28.5 Å². The van der Waals surface area contributed by atoms with Crippen LogP contribution in [0, 0.1) is 5.82 Å². The Balaban J connectivity index is 2.99. The van der Waals surface area contributed by atoms with E-state index < -0.39 is 11.8 Å². The van der Waals surface area contributed by atoms with Crippen LogP contribution in [0.3, 0.4) is 0 Å². The molecular formula is C10H12FNO3S. The number of anilines is 1. The van der Waals surface area contributed by atoms with Crippen molar-refractivity contribution in [3.63, 3.8) is 0 Å². The second kappa shape index (κ2) is 5.72. The van der Waals surface area contributed by atoms with Crippen LogP contribution in [0.4, 0.5) is 10.1 Å². The number of carbonyl (C=O) groups is 1. The average Bonchev–Trinajstić information content (AvgIpc) is 2.23. The monoisotopic (exact) mass is 245 g/mol. The molecule has 4 nitrogen and oxygen atoms in total. The fraction of sp³-hybridized carbons (Fsp3) is 0.300. The Bertz CT molecular complexity index is 398. The molecule has 0 aliphatic heterocycles. The molecule has 0 heterocycles. The largest absolute Gasteiger partial charge is 0.478 e. The number of thioether (sulfide) groups is 1. The number of hydrogen-bond donors (Lipinski definition) is 3. The van der Waals surface area contributed by atoms with E-state index in [4.69, 9.17) is 15.9 Å². The van der Waals surface area contributed by atoms with Crippen molar-refractivity contribution in [2.45, 2.75) is 11.3 Å². The molecule has 0 fully saturated rings. The Labute approximate surface area is 96.3 Å². The maximum absolute atomic E-state index is 13.1. The Morgan fingerprint density at radius 2 is 2.19 bits per heavy atom. The van der Waals surface area contributed by atoms with Crippen LogP contribution in [0.25, 0.3) is 0 Å². The minimum absolute atomic E-state index is 0.0338. The number of nitrogen functional groups attached to an aromatic ring is 1. The van der Waals surface area contributed by atoms with Crippen LogP contribution in [0.5, 0.6) is 0 Å². The number of carboxylic acids is 1. The van der Waals surface area contributed by atoms with E-state index in [1.165, 1.54) is 17.8 Å². The number of aliphatic hydroxyl groups excluding tert-OH is 1. The van der Waals surface area contributed by atoms with E-state index >= 15 is 0 Å². The molecular weight excluding hydrogens is 233 g/mol. The molecule has 16 heavy (non-hydrogen) atoms. The van der Waals surface area contributed by atoms with E-state index in [1.54, 1.807) is 0 Å². The van der Waals surface area contributed by atoms with E-state index in [1.807, 2.05) is 0 Å². The minimum atomic E-state index is -1.25. The molecule has 88 valence electrons. The number of rotatable bonds is 5. The fourth-order valence-corrected chi connectivity index (χ4v) is 2.16. The van der Waals surface area contributed by atoms with Crippen LogP contribution in [0.2, 0.25) is 0 Å². The van der Waals surface area contributed by atoms with Gasteiger partial charge in [0.2, 0.25) is 0 Å². The van der Waals surface area contributed by atoms with Crippen LogP contribution < -0.4 is 5.73 Å². The van der Waals surface area contributed by atoms with Gasteiger partial charge in [-0.25, -0.2) is 9.18 Å². The fourth-order valence-electron chi connectivity index (χ4n) is 1.16. The quantitative estimate of drug-likeness (QED) is 0.417. The summed E-state index contributed by atoms with van der Waals surface area (Å²) in [5.41, 5.74) is 4.82. The van der Waals surface area contributed by atoms with Crippen LogP contribution in [0.15, 0.2) is 17.0 Å². The molecule has 0 aromatic heterocycles. The van der Waals surface area contributed by atoms with Crippen LogP contribution in [-0.2, 0) is 0 Å². The molecule has 0 radical (unpaired) electrons. The highest BCUT2D eigenvalue weighted by Crippen LogP contribution is 2.29. The summed E-state index contributed by atoms with van der Waals surface area (Å²) in [5.74, 6) is -1.42. The highest BCUT2D eigenvalue weighted by Gasteiger charge is 2.17. The third kappa shape index (κ3) is 2.86. The van der Waals surface area contributed by atoms with Crippen LogP contribution >= 0.6 is 11.8 Å². The summed E-state index contributed by atoms with van der Waals surface area (Å²) in [6.07, 6.45) is 0.543. The second-order valence-electron chi connectivity index (χ2n) is 3.06. The van der Waals surface area contributed by atoms with Gasteiger partial charge >= 0.3 is 5.97 Å². The number of carboxylic acid groups (broad SMARTS) is 1. The van der Waals surface area contributed by atoms with Crippen LogP contribution in [0.1, 0.15) is 16.8 Å². The summed E-state index contributed by atoms with van der Waals surface area (Å²) in [7, 11) is 0. The summed E-state index contributed by atoms with van der Waals surface area (Å²) in [5, 5.41) is 17.5. The first-order valence-electron chi connectivity index (χ1n) is 4.63. The van der Waals surface area contributed by atoms with E-state index in [2.05, 4.69) is 0 Å². The molecule has 0 saturated heterocycles. The first-order valence-corrected chi connectivity index (χ1v) is 5.61. The van der Waals surface area contributed by atoms with Gasteiger partial charge in [0.05, 0.1) is 11.3 Å². The lowest BCUT2D eigenvalue weighted by Gasteiger charge is -2.08. The first-order chi connectivity index (χ1) is 7.57. The summed E-state index contributed by atoms with van der Waals surface area (Å²) in [6, 6.07) is 2.53. The van der Waals surface area contributed by atoms with E-state index in [-0.39, 0.29) is 17.9 Å². The Morgan fingerprint density at radius 1 is 1.50 bits per heavy atom. The van der Waals surface area contributed by atoms with Gasteiger partial charge in [0.15, 0.2) is 0 Å². The molecule has 0 bridgehead atoms. The maximum atomic E-state index is 13.1. The standard InChI is InChI=1S/C10H12FNO3S/c11-6-2-3-7(16-5-1-4-13)8(9(6)12)10(14)15/h2-3,13H,1,4-5,12H2,(H,14,15). The van der Waals surface area contributed by atoms with Gasteiger partial charge < -0.3 is 15.9 Å². The van der Waals surface area contributed by atoms with Crippen molar-refractivity contribution in [3.8, 4) is 0 Å². The third-order valence-electron chi connectivity index (χ3n) is 1.93. The molecule has 1 rings (SSSR count). The van der Waals surface area contributed by atoms with Crippen molar-refractivity contribution < 1.29 is 19.4 Å². The van der Waals surface area contributed by atoms with E-state index in [0.717, 1.165) is 6.07 Å². The van der Waals surface area contributed by atoms with Crippen molar-refractivity contribution in [2.24, 2.45) is 0 Å². The summed E-state index contributed by atoms with van der Waals surface area (Å²) < 4.78 is 13.1. The molecule has 1 aromatic carbocycles. The second-order valence-corrected chi connectivity index (χ2v) is 4.20. The van der Waals surface area contributed by atoms with Gasteiger partial charge in [0, 0.05) is 17.3 Å². The number of aromatic carboxylic acids is 1. The van der Waals surface area contributed by atoms with E-state index in [9.17, 15) is 9.18 Å². The topological polar surface area (TPSA) is 83.5 Å². The van der Waals surface area contributed by atoms with Gasteiger partial charge in [-0.05, 0) is 18.6 Å². The van der Waals surface area contributed by atoms with Gasteiger partial charge in [-0.1, -0.05) is 0 Å². The molecule has 0 atom stereocenters. The molecule has 6 heteroatoms. The molecule has 0 aliphatic carbocycles. The van der Waals surface area contributed by atoms with Gasteiger partial charge in [0.1, 0.15) is 5.82 Å². The van der Waals surface area contributed by atoms with Crippen molar-refractivity contribution in [1.82, 2.24) is 0 Å². The number of hydrogen-bond acceptors (Lipinski definition) is 4. The lowest BCUT2D eigenvalue weighted by Crippen LogP contribution is -2.06. The maximum Gasteiger partial charge on any atom is 0.339 e. The zero-order valence-corrected chi connectivity index (χ0v) is 9.26. The number of aliphatic hydroxyl groups is 1. The smallest absolute Gasteiger partial charge is 0.339 e. The van der Waals surface area contributed by atoms with Gasteiger partial charge in [-0.3, -0.25) is 0 Å². The Kier molecular flexibility index (Phi) is 4.57. The normalized spacial score (nSPS) is 10.4. The lowest BCUT2D eigenvalue weighted by molar-refractivity contribution is 0.0694. The van der Waals surface area contributed by atoms with Gasteiger partial charge in [-0.15, -0.1) is 11.8 Å². The van der Waals surface area contributed by atoms with Gasteiger partial charge in [-0.2, -0.15) is 0 Å². The predicted molar refractivity (Wildman–Crippen MR) is 60.2 cm³/mol. The number of nitrogens with two attached hydrogens (primary N) is 1. The zero-order chi connectivity index (χ0) is 12.1. The number of benzene rings is 1.